The number of anilines is 3. The zero-order valence-electron chi connectivity index (χ0n) is 30.8. The predicted octanol–water partition coefficient (Wildman–Crippen LogP) is 15.5. The lowest BCUT2D eigenvalue weighted by atomic mass is 9.84. The van der Waals surface area contributed by atoms with Gasteiger partial charge in [-0.05, 0) is 108 Å². The number of hydrogen-bond donors (Lipinski definition) is 0. The first-order valence-electron chi connectivity index (χ1n) is 19.2. The summed E-state index contributed by atoms with van der Waals surface area (Å²) in [5.74, 6) is 0. The predicted molar refractivity (Wildman–Crippen MR) is 238 cm³/mol. The standard InChI is InChI=1S/C54H37N/c1-34-24-31-50(35(2)32-34)55(51-23-11-17-38-14-5-8-20-42(38)51)52-33-49(44-22-10-16-37-13-4-7-19-41(37)44)47-28-26-39-25-27-45(46-29-30-48(52)54(47)53(39)46)43-21-9-15-36-12-3-6-18-40(36)43/h3-33H,1-2H3. The second-order valence-corrected chi connectivity index (χ2v) is 15.0. The molecule has 0 atom stereocenters. The van der Waals surface area contributed by atoms with Crippen LogP contribution in [0.3, 0.4) is 0 Å². The lowest BCUT2D eigenvalue weighted by Gasteiger charge is -2.31. The summed E-state index contributed by atoms with van der Waals surface area (Å²) in [6.07, 6.45) is 0. The molecule has 55 heavy (non-hydrogen) atoms. The fourth-order valence-corrected chi connectivity index (χ4v) is 9.29. The van der Waals surface area contributed by atoms with Gasteiger partial charge in [-0.25, -0.2) is 0 Å². The minimum Gasteiger partial charge on any atom is -0.309 e. The van der Waals surface area contributed by atoms with Crippen molar-refractivity contribution in [2.45, 2.75) is 13.8 Å². The lowest BCUT2D eigenvalue weighted by Crippen LogP contribution is -2.13. The van der Waals surface area contributed by atoms with Crippen molar-refractivity contribution in [1.82, 2.24) is 0 Å². The summed E-state index contributed by atoms with van der Waals surface area (Å²) in [5.41, 5.74) is 11.0. The molecule has 0 saturated heterocycles. The highest BCUT2D eigenvalue weighted by molar-refractivity contribution is 6.31. The first-order valence-corrected chi connectivity index (χ1v) is 19.2. The molecule has 1 heteroatoms. The molecule has 1 nitrogen and oxygen atoms in total. The molecule has 0 radical (unpaired) electrons. The molecule has 11 aromatic carbocycles. The van der Waals surface area contributed by atoms with Gasteiger partial charge < -0.3 is 4.90 Å². The van der Waals surface area contributed by atoms with Crippen molar-refractivity contribution in [3.63, 3.8) is 0 Å². The lowest BCUT2D eigenvalue weighted by molar-refractivity contribution is 1.26. The van der Waals surface area contributed by atoms with Gasteiger partial charge in [-0.3, -0.25) is 0 Å². The Labute approximate surface area is 320 Å². The van der Waals surface area contributed by atoms with E-state index >= 15 is 0 Å². The van der Waals surface area contributed by atoms with Gasteiger partial charge in [0.25, 0.3) is 0 Å². The minimum atomic E-state index is 1.17. The maximum absolute atomic E-state index is 2.53. The molecule has 11 aromatic rings. The zero-order valence-corrected chi connectivity index (χ0v) is 30.8. The van der Waals surface area contributed by atoms with Crippen molar-refractivity contribution in [1.29, 1.82) is 0 Å². The maximum atomic E-state index is 2.53. The fourth-order valence-electron chi connectivity index (χ4n) is 9.29. The van der Waals surface area contributed by atoms with E-state index < -0.39 is 0 Å². The summed E-state index contributed by atoms with van der Waals surface area (Å²) >= 11 is 0. The van der Waals surface area contributed by atoms with Crippen LogP contribution in [0, 0.1) is 13.8 Å². The molecular weight excluding hydrogens is 663 g/mol. The minimum absolute atomic E-state index is 1.17. The van der Waals surface area contributed by atoms with E-state index in [4.69, 9.17) is 0 Å². The summed E-state index contributed by atoms with van der Waals surface area (Å²) in [5, 5.41) is 15.1. The zero-order chi connectivity index (χ0) is 36.6. The van der Waals surface area contributed by atoms with Gasteiger partial charge in [0.05, 0.1) is 11.4 Å². The van der Waals surface area contributed by atoms with Crippen LogP contribution in [-0.2, 0) is 0 Å². The summed E-state index contributed by atoms with van der Waals surface area (Å²) < 4.78 is 0. The average molecular weight is 700 g/mol. The van der Waals surface area contributed by atoms with E-state index in [9.17, 15) is 0 Å². The third kappa shape index (κ3) is 4.87. The third-order valence-electron chi connectivity index (χ3n) is 11.8. The molecule has 0 aromatic heterocycles. The largest absolute Gasteiger partial charge is 0.309 e. The van der Waals surface area contributed by atoms with E-state index in [-0.39, 0.29) is 0 Å². The fraction of sp³-hybridized carbons (Fsp3) is 0.0370. The molecule has 0 unspecified atom stereocenters. The molecule has 258 valence electrons. The molecule has 0 aliphatic rings. The molecule has 0 spiro atoms. The second kappa shape index (κ2) is 12.3. The highest BCUT2D eigenvalue weighted by Gasteiger charge is 2.25. The van der Waals surface area contributed by atoms with Crippen molar-refractivity contribution in [2.75, 3.05) is 4.90 Å². The number of hydrogen-bond acceptors (Lipinski definition) is 1. The molecule has 0 saturated carbocycles. The second-order valence-electron chi connectivity index (χ2n) is 15.0. The van der Waals surface area contributed by atoms with Crippen LogP contribution in [0.1, 0.15) is 11.1 Å². The summed E-state index contributed by atoms with van der Waals surface area (Å²) in [7, 11) is 0. The van der Waals surface area contributed by atoms with Crippen molar-refractivity contribution >= 4 is 81.7 Å². The molecule has 0 amide bonds. The van der Waals surface area contributed by atoms with Gasteiger partial charge >= 0.3 is 0 Å². The SMILES string of the molecule is Cc1ccc(N(c2cccc3ccccc23)c2cc(-c3cccc4ccccc34)c3ccc4ccc(-c5cccc6ccccc56)c5ccc2c3c45)c(C)c1. The normalized spacial score (nSPS) is 11.8. The van der Waals surface area contributed by atoms with Crippen LogP contribution in [-0.4, -0.2) is 0 Å². The van der Waals surface area contributed by atoms with Gasteiger partial charge in [0, 0.05) is 21.8 Å². The van der Waals surface area contributed by atoms with Crippen molar-refractivity contribution in [3.05, 3.63) is 199 Å². The highest BCUT2D eigenvalue weighted by Crippen LogP contribution is 2.51. The van der Waals surface area contributed by atoms with E-state index in [1.807, 2.05) is 0 Å². The van der Waals surface area contributed by atoms with Crippen LogP contribution >= 0.6 is 0 Å². The Morgan fingerprint density at radius 3 is 1.53 bits per heavy atom. The van der Waals surface area contributed by atoms with Crippen molar-refractivity contribution < 1.29 is 0 Å². The molecule has 0 aliphatic heterocycles. The molecule has 0 aliphatic carbocycles. The maximum Gasteiger partial charge on any atom is 0.0547 e. The van der Waals surface area contributed by atoms with Gasteiger partial charge in [0.2, 0.25) is 0 Å². The first-order chi connectivity index (χ1) is 27.1. The van der Waals surface area contributed by atoms with E-state index in [1.165, 1.54) is 115 Å². The summed E-state index contributed by atoms with van der Waals surface area (Å²) in [6, 6.07) is 69.9. The van der Waals surface area contributed by atoms with E-state index in [0.29, 0.717) is 0 Å². The van der Waals surface area contributed by atoms with Crippen LogP contribution in [0.2, 0.25) is 0 Å². The average Bonchev–Trinajstić information content (AvgIpc) is 3.23. The number of nitrogens with zero attached hydrogens (tertiary/aromatic N) is 1. The first kappa shape index (κ1) is 31.6. The number of aryl methyl sites for hydroxylation is 2. The number of fused-ring (bicyclic) bond motifs is 3. The summed E-state index contributed by atoms with van der Waals surface area (Å²) in [4.78, 5) is 2.53. The third-order valence-corrected chi connectivity index (χ3v) is 11.8. The molecule has 0 fully saturated rings. The van der Waals surface area contributed by atoms with Gasteiger partial charge in [0.15, 0.2) is 0 Å². The van der Waals surface area contributed by atoms with Crippen molar-refractivity contribution in [2.24, 2.45) is 0 Å². The Balaban J connectivity index is 1.32. The van der Waals surface area contributed by atoms with E-state index in [1.54, 1.807) is 0 Å². The molecule has 0 heterocycles. The molecule has 11 rings (SSSR count). The Morgan fingerprint density at radius 1 is 0.291 bits per heavy atom. The Bertz CT molecular complexity index is 3280. The van der Waals surface area contributed by atoms with Gasteiger partial charge in [0.1, 0.15) is 0 Å². The van der Waals surface area contributed by atoms with Crippen LogP contribution in [0.5, 0.6) is 0 Å². The summed E-state index contributed by atoms with van der Waals surface area (Å²) in [6.45, 7) is 4.43. The van der Waals surface area contributed by atoms with Crippen LogP contribution in [0.15, 0.2) is 188 Å². The van der Waals surface area contributed by atoms with Crippen LogP contribution < -0.4 is 4.90 Å². The topological polar surface area (TPSA) is 3.24 Å². The Hall–Kier alpha value is -6.96. The van der Waals surface area contributed by atoms with Crippen LogP contribution in [0.25, 0.3) is 86.9 Å². The smallest absolute Gasteiger partial charge is 0.0547 e. The van der Waals surface area contributed by atoms with Gasteiger partial charge in [-0.1, -0.05) is 175 Å². The van der Waals surface area contributed by atoms with Gasteiger partial charge in [-0.15, -0.1) is 0 Å². The molecule has 0 bridgehead atoms. The van der Waals surface area contributed by atoms with E-state index in [0.717, 1.165) is 0 Å². The Kier molecular flexibility index (Phi) is 7.06. The quantitative estimate of drug-likeness (QED) is 0.162. The molecular formula is C54H37N. The monoisotopic (exact) mass is 699 g/mol. The Morgan fingerprint density at radius 2 is 0.818 bits per heavy atom. The molecule has 0 N–H and O–H groups in total. The number of rotatable bonds is 5. The number of benzene rings is 11. The van der Waals surface area contributed by atoms with Crippen molar-refractivity contribution in [3.8, 4) is 22.3 Å². The van der Waals surface area contributed by atoms with E-state index in [2.05, 4.69) is 207 Å². The van der Waals surface area contributed by atoms with Crippen LogP contribution in [0.4, 0.5) is 17.1 Å². The van der Waals surface area contributed by atoms with Gasteiger partial charge in [-0.2, -0.15) is 0 Å². The highest BCUT2D eigenvalue weighted by atomic mass is 15.1.